The number of amides is 3. The Hall–Kier alpha value is -2.72. The largest absolute Gasteiger partial charge is 0.485 e. The van der Waals surface area contributed by atoms with Crippen molar-refractivity contribution in [3.63, 3.8) is 0 Å². The normalized spacial score (nSPS) is 11.7. The van der Waals surface area contributed by atoms with Gasteiger partial charge in [0.05, 0.1) is 16.8 Å². The zero-order chi connectivity index (χ0) is 22.4. The summed E-state index contributed by atoms with van der Waals surface area (Å²) in [5.74, 6) is -1.36. The molecule has 30 heavy (non-hydrogen) atoms. The Morgan fingerprint density at radius 1 is 1.20 bits per heavy atom. The summed E-state index contributed by atoms with van der Waals surface area (Å²) in [5, 5.41) is 2.56. The van der Waals surface area contributed by atoms with Gasteiger partial charge in [-0.15, -0.1) is 0 Å². The molecule has 3 amide bonds. The molecule has 0 aliphatic heterocycles. The van der Waals surface area contributed by atoms with E-state index in [2.05, 4.69) is 21.2 Å². The number of pyridine rings is 1. The maximum absolute atomic E-state index is 14.7. The van der Waals surface area contributed by atoms with Crippen molar-refractivity contribution in [2.45, 2.75) is 26.3 Å². The molecule has 0 fully saturated rings. The molecule has 2 rings (SSSR count). The van der Waals surface area contributed by atoms with Crippen LogP contribution >= 0.6 is 23.2 Å². The maximum Gasteiger partial charge on any atom is 0.334 e. The number of hydrogen-bond acceptors (Lipinski definition) is 4. The van der Waals surface area contributed by atoms with Gasteiger partial charge in [-0.2, -0.15) is 0 Å². The Labute approximate surface area is 179 Å². The van der Waals surface area contributed by atoms with Crippen LogP contribution in [0.5, 0.6) is 5.75 Å². The lowest BCUT2D eigenvalue weighted by molar-refractivity contribution is -0.119. The quantitative estimate of drug-likeness (QED) is 0.557. The van der Waals surface area contributed by atoms with Gasteiger partial charge in [-0.3, -0.25) is 15.2 Å². The average molecular weight is 465 g/mol. The number of halogens is 5. The van der Waals surface area contributed by atoms with Crippen molar-refractivity contribution in [1.82, 2.24) is 21.2 Å². The van der Waals surface area contributed by atoms with Crippen LogP contribution < -0.4 is 20.9 Å². The summed E-state index contributed by atoms with van der Waals surface area (Å²) in [4.78, 5) is 26.5. The molecular formula is C18H17Cl2F3N4O3. The maximum atomic E-state index is 14.7. The van der Waals surface area contributed by atoms with E-state index >= 15 is 0 Å². The van der Waals surface area contributed by atoms with Gasteiger partial charge in [0.1, 0.15) is 18.2 Å². The number of ether oxygens (including phenoxy) is 1. The Bertz CT molecular complexity index is 947. The Balaban J connectivity index is 2.28. The Morgan fingerprint density at radius 3 is 2.50 bits per heavy atom. The van der Waals surface area contributed by atoms with E-state index in [0.29, 0.717) is 0 Å². The van der Waals surface area contributed by atoms with Gasteiger partial charge in [0, 0.05) is 29.3 Å². The van der Waals surface area contributed by atoms with Crippen LogP contribution in [0.2, 0.25) is 10.0 Å². The van der Waals surface area contributed by atoms with Crippen LogP contribution in [0.3, 0.4) is 0 Å². The van der Waals surface area contributed by atoms with Gasteiger partial charge in [0.15, 0.2) is 0 Å². The summed E-state index contributed by atoms with van der Waals surface area (Å²) in [5.41, 5.74) is 4.41. The number of carbonyl (C=O) groups excluding carboxylic acids is 2. The first kappa shape index (κ1) is 23.6. The number of alkyl halides is 2. The van der Waals surface area contributed by atoms with Crippen molar-refractivity contribution in [3.05, 3.63) is 46.0 Å². The standard InChI is InChI=1S/C18H17Cl2F3N4O3/c1-8(25-18(29)27-26-9(2)28)16-14(21)3-10(6-24-16)12-4-11(19)5-13(20)17(12)30-7-15(22)23/h3-6,8,15H,7H2,1-2H3,(H,26,28)(H2,25,27,29). The third kappa shape index (κ3) is 6.39. The van der Waals surface area contributed by atoms with E-state index in [1.807, 2.05) is 0 Å². The average Bonchev–Trinajstić information content (AvgIpc) is 2.64. The highest BCUT2D eigenvalue weighted by molar-refractivity contribution is 6.36. The van der Waals surface area contributed by atoms with Gasteiger partial charge in [0.2, 0.25) is 5.91 Å². The second-order valence-corrected chi connectivity index (χ2v) is 6.90. The minimum atomic E-state index is -2.74. The van der Waals surface area contributed by atoms with Crippen molar-refractivity contribution in [3.8, 4) is 16.9 Å². The summed E-state index contributed by atoms with van der Waals surface area (Å²) < 4.78 is 44.8. The zero-order valence-corrected chi connectivity index (χ0v) is 17.2. The van der Waals surface area contributed by atoms with Crippen molar-refractivity contribution in [2.75, 3.05) is 6.61 Å². The molecule has 7 nitrogen and oxygen atoms in total. The predicted molar refractivity (Wildman–Crippen MR) is 105 cm³/mol. The fourth-order valence-corrected chi connectivity index (χ4v) is 2.98. The van der Waals surface area contributed by atoms with Crippen molar-refractivity contribution < 1.29 is 27.5 Å². The third-order valence-electron chi connectivity index (χ3n) is 3.65. The molecular weight excluding hydrogens is 448 g/mol. The van der Waals surface area contributed by atoms with E-state index in [4.69, 9.17) is 27.9 Å². The Kier molecular flexibility index (Phi) is 8.13. The van der Waals surface area contributed by atoms with E-state index < -0.39 is 36.8 Å². The molecule has 1 aromatic carbocycles. The zero-order valence-electron chi connectivity index (χ0n) is 15.7. The molecule has 2 aromatic rings. The first-order valence-electron chi connectivity index (χ1n) is 8.47. The molecule has 1 unspecified atom stereocenters. The lowest BCUT2D eigenvalue weighted by Gasteiger charge is -2.17. The van der Waals surface area contributed by atoms with E-state index in [1.54, 1.807) is 0 Å². The first-order chi connectivity index (χ1) is 14.1. The van der Waals surface area contributed by atoms with Gasteiger partial charge in [-0.25, -0.2) is 23.4 Å². The minimum absolute atomic E-state index is 0.0210. The molecule has 0 spiro atoms. The molecule has 3 N–H and O–H groups in total. The lowest BCUT2D eigenvalue weighted by atomic mass is 10.0. The molecule has 0 bridgehead atoms. The van der Waals surface area contributed by atoms with Gasteiger partial charge < -0.3 is 10.1 Å². The topological polar surface area (TPSA) is 92.4 Å². The van der Waals surface area contributed by atoms with Crippen LogP contribution in [0.25, 0.3) is 11.1 Å². The lowest BCUT2D eigenvalue weighted by Crippen LogP contribution is -2.46. The number of hydrogen-bond donors (Lipinski definition) is 3. The summed E-state index contributed by atoms with van der Waals surface area (Å²) >= 11 is 12.0. The molecule has 0 saturated carbocycles. The van der Waals surface area contributed by atoms with Crippen molar-refractivity contribution in [1.29, 1.82) is 0 Å². The predicted octanol–water partition coefficient (Wildman–Crippen LogP) is 4.25. The number of benzene rings is 1. The molecule has 12 heteroatoms. The Morgan fingerprint density at radius 2 is 1.90 bits per heavy atom. The van der Waals surface area contributed by atoms with Gasteiger partial charge in [-0.1, -0.05) is 23.2 Å². The third-order valence-corrected chi connectivity index (χ3v) is 4.15. The highest BCUT2D eigenvalue weighted by Crippen LogP contribution is 2.39. The fraction of sp³-hybridized carbons (Fsp3) is 0.278. The SMILES string of the molecule is CC(=O)NNC(=O)NC(C)c1ncc(-c2cc(Cl)cc(Cl)c2OCC(F)F)cc1F. The molecule has 1 atom stereocenters. The number of hydrazine groups is 1. The highest BCUT2D eigenvalue weighted by atomic mass is 35.5. The van der Waals surface area contributed by atoms with Crippen molar-refractivity contribution >= 4 is 35.1 Å². The van der Waals surface area contributed by atoms with Crippen LogP contribution in [0.15, 0.2) is 24.4 Å². The van der Waals surface area contributed by atoms with Crippen LogP contribution in [-0.2, 0) is 4.79 Å². The van der Waals surface area contributed by atoms with Gasteiger partial charge >= 0.3 is 6.03 Å². The second-order valence-electron chi connectivity index (χ2n) is 6.06. The first-order valence-corrected chi connectivity index (χ1v) is 9.23. The monoisotopic (exact) mass is 464 g/mol. The number of carbonyl (C=O) groups is 2. The highest BCUT2D eigenvalue weighted by Gasteiger charge is 2.19. The molecule has 1 heterocycles. The molecule has 0 aliphatic carbocycles. The summed E-state index contributed by atoms with van der Waals surface area (Å²) in [7, 11) is 0. The number of urea groups is 1. The number of rotatable bonds is 6. The van der Waals surface area contributed by atoms with Crippen LogP contribution in [0, 0.1) is 5.82 Å². The van der Waals surface area contributed by atoms with Crippen molar-refractivity contribution in [2.24, 2.45) is 0 Å². The van der Waals surface area contributed by atoms with Gasteiger partial charge in [-0.05, 0) is 25.1 Å². The number of aromatic nitrogens is 1. The van der Waals surface area contributed by atoms with Crippen LogP contribution in [0.1, 0.15) is 25.6 Å². The summed E-state index contributed by atoms with van der Waals surface area (Å²) in [6, 6.07) is 2.15. The number of nitrogens with one attached hydrogen (secondary N) is 3. The molecule has 0 aliphatic rings. The smallest absolute Gasteiger partial charge is 0.334 e. The molecule has 1 aromatic heterocycles. The van der Waals surface area contributed by atoms with E-state index in [1.165, 1.54) is 32.2 Å². The summed E-state index contributed by atoms with van der Waals surface area (Å²) in [6.07, 6.45) is -1.48. The fourth-order valence-electron chi connectivity index (χ4n) is 2.43. The van der Waals surface area contributed by atoms with Gasteiger partial charge in [0.25, 0.3) is 6.43 Å². The summed E-state index contributed by atoms with van der Waals surface area (Å²) in [6.45, 7) is 1.77. The van der Waals surface area contributed by atoms with Crippen LogP contribution in [0.4, 0.5) is 18.0 Å². The molecule has 0 saturated heterocycles. The number of nitrogens with zero attached hydrogens (tertiary/aromatic N) is 1. The van der Waals surface area contributed by atoms with E-state index in [-0.39, 0.29) is 32.6 Å². The molecule has 162 valence electrons. The van der Waals surface area contributed by atoms with E-state index in [0.717, 1.165) is 6.07 Å². The van der Waals surface area contributed by atoms with Crippen LogP contribution in [-0.4, -0.2) is 30.0 Å². The minimum Gasteiger partial charge on any atom is -0.485 e. The van der Waals surface area contributed by atoms with E-state index in [9.17, 15) is 22.8 Å². The second kappa shape index (κ2) is 10.4. The molecule has 0 radical (unpaired) electrons.